The van der Waals surface area contributed by atoms with Gasteiger partial charge in [0.1, 0.15) is 5.00 Å². The van der Waals surface area contributed by atoms with E-state index in [2.05, 4.69) is 9.88 Å². The number of hydrogen-bond acceptors (Lipinski definition) is 5. The van der Waals surface area contributed by atoms with Crippen molar-refractivity contribution in [2.45, 2.75) is 6.42 Å². The van der Waals surface area contributed by atoms with Gasteiger partial charge in [0, 0.05) is 19.7 Å². The summed E-state index contributed by atoms with van der Waals surface area (Å²) in [5.41, 5.74) is 5.62. The first-order valence-electron chi connectivity index (χ1n) is 4.40. The molecule has 4 nitrogen and oxygen atoms in total. The van der Waals surface area contributed by atoms with Crippen LogP contribution < -0.4 is 10.6 Å². The Hall–Kier alpha value is -0.810. The second-order valence-electron chi connectivity index (χ2n) is 3.00. The summed E-state index contributed by atoms with van der Waals surface area (Å²) in [5.74, 6) is 0. The summed E-state index contributed by atoms with van der Waals surface area (Å²) in [6.45, 7) is 3.59. The number of thiazole rings is 1. The van der Waals surface area contributed by atoms with Gasteiger partial charge in [-0.25, -0.2) is 4.98 Å². The van der Waals surface area contributed by atoms with Gasteiger partial charge in [0.15, 0.2) is 5.13 Å². The van der Waals surface area contributed by atoms with E-state index in [1.54, 1.807) is 17.5 Å². The molecule has 1 aromatic rings. The molecule has 0 aliphatic carbocycles. The number of nitrogen functional groups attached to an aromatic ring is 1. The van der Waals surface area contributed by atoms with Gasteiger partial charge in [-0.3, -0.25) is 0 Å². The van der Waals surface area contributed by atoms with Crippen LogP contribution in [0.25, 0.3) is 0 Å². The van der Waals surface area contributed by atoms with Gasteiger partial charge in [-0.05, 0) is 6.42 Å². The molecule has 0 aromatic carbocycles. The molecule has 72 valence electrons. The highest BCUT2D eigenvalue weighted by Crippen LogP contribution is 2.24. The molecule has 2 N–H and O–H groups in total. The van der Waals surface area contributed by atoms with E-state index in [0.29, 0.717) is 0 Å². The molecule has 1 fully saturated rings. The van der Waals surface area contributed by atoms with Gasteiger partial charge in [0.05, 0.1) is 12.8 Å². The number of rotatable bonds is 1. The van der Waals surface area contributed by atoms with E-state index in [4.69, 9.17) is 10.5 Å². The molecule has 0 bridgehead atoms. The van der Waals surface area contributed by atoms with Crippen LogP contribution in [0, 0.1) is 0 Å². The first-order valence-corrected chi connectivity index (χ1v) is 5.22. The highest BCUT2D eigenvalue weighted by atomic mass is 32.1. The van der Waals surface area contributed by atoms with Crippen molar-refractivity contribution in [1.29, 1.82) is 0 Å². The SMILES string of the molecule is Nc1cnc(N2CCCOCC2)s1. The van der Waals surface area contributed by atoms with Crippen LogP contribution in [0.1, 0.15) is 6.42 Å². The molecule has 2 rings (SSSR count). The highest BCUT2D eigenvalue weighted by Gasteiger charge is 2.12. The molecule has 0 unspecified atom stereocenters. The zero-order chi connectivity index (χ0) is 9.10. The third kappa shape index (κ3) is 2.10. The number of nitrogens with two attached hydrogens (primary N) is 1. The van der Waals surface area contributed by atoms with Crippen molar-refractivity contribution in [2.75, 3.05) is 36.9 Å². The normalized spacial score (nSPS) is 18.6. The molecule has 0 amide bonds. The molecular weight excluding hydrogens is 186 g/mol. The Kier molecular flexibility index (Phi) is 2.65. The molecule has 0 saturated carbocycles. The monoisotopic (exact) mass is 199 g/mol. The van der Waals surface area contributed by atoms with Crippen molar-refractivity contribution in [2.24, 2.45) is 0 Å². The van der Waals surface area contributed by atoms with Crippen molar-refractivity contribution in [3.8, 4) is 0 Å². The van der Waals surface area contributed by atoms with Crippen molar-refractivity contribution in [3.63, 3.8) is 0 Å². The van der Waals surface area contributed by atoms with E-state index in [1.165, 1.54) is 0 Å². The van der Waals surface area contributed by atoms with Crippen molar-refractivity contribution >= 4 is 21.5 Å². The molecular formula is C8H13N3OS. The van der Waals surface area contributed by atoms with Crippen molar-refractivity contribution in [1.82, 2.24) is 4.98 Å². The lowest BCUT2D eigenvalue weighted by atomic mass is 10.4. The van der Waals surface area contributed by atoms with Crippen LogP contribution in [0.4, 0.5) is 10.1 Å². The largest absolute Gasteiger partial charge is 0.389 e. The highest BCUT2D eigenvalue weighted by molar-refractivity contribution is 7.19. The third-order valence-electron chi connectivity index (χ3n) is 2.00. The lowest BCUT2D eigenvalue weighted by Gasteiger charge is -2.17. The predicted molar refractivity (Wildman–Crippen MR) is 54.2 cm³/mol. The summed E-state index contributed by atoms with van der Waals surface area (Å²) in [6.07, 6.45) is 2.78. The van der Waals surface area contributed by atoms with E-state index in [0.717, 1.165) is 42.9 Å². The summed E-state index contributed by atoms with van der Waals surface area (Å²) in [7, 11) is 0. The Bertz CT molecular complexity index is 268. The lowest BCUT2D eigenvalue weighted by Crippen LogP contribution is -2.25. The summed E-state index contributed by atoms with van der Waals surface area (Å²) in [5, 5.41) is 1.79. The first kappa shape index (κ1) is 8.77. The quantitative estimate of drug-likeness (QED) is 0.731. The number of ether oxygens (including phenoxy) is 1. The maximum atomic E-state index is 5.62. The Morgan fingerprint density at radius 2 is 2.38 bits per heavy atom. The lowest BCUT2D eigenvalue weighted by molar-refractivity contribution is 0.152. The minimum absolute atomic E-state index is 0.778. The topological polar surface area (TPSA) is 51.4 Å². The average Bonchev–Trinajstić information content (AvgIpc) is 2.43. The fourth-order valence-corrected chi connectivity index (χ4v) is 2.09. The molecule has 1 aromatic heterocycles. The van der Waals surface area contributed by atoms with Crippen LogP contribution in [-0.2, 0) is 4.74 Å². The Morgan fingerprint density at radius 1 is 1.46 bits per heavy atom. The number of anilines is 2. The van der Waals surface area contributed by atoms with Gasteiger partial charge in [-0.1, -0.05) is 11.3 Å². The summed E-state index contributed by atoms with van der Waals surface area (Å²) < 4.78 is 5.36. The minimum atomic E-state index is 0.778. The molecule has 1 saturated heterocycles. The van der Waals surface area contributed by atoms with Gasteiger partial charge in [0.25, 0.3) is 0 Å². The standard InChI is InChI=1S/C8H13N3OS/c9-7-6-10-8(13-7)11-2-1-4-12-5-3-11/h6H,1-5,9H2. The van der Waals surface area contributed by atoms with Crippen LogP contribution >= 0.6 is 11.3 Å². The Balaban J connectivity index is 2.06. The minimum Gasteiger partial charge on any atom is -0.389 e. The third-order valence-corrected chi connectivity index (χ3v) is 2.89. The van der Waals surface area contributed by atoms with Gasteiger partial charge in [-0.2, -0.15) is 0 Å². The molecule has 2 heterocycles. The van der Waals surface area contributed by atoms with Crippen LogP contribution in [0.15, 0.2) is 6.20 Å². The summed E-state index contributed by atoms with van der Waals surface area (Å²) >= 11 is 1.54. The van der Waals surface area contributed by atoms with E-state index in [-0.39, 0.29) is 0 Å². The first-order chi connectivity index (χ1) is 6.36. The van der Waals surface area contributed by atoms with Gasteiger partial charge in [-0.15, -0.1) is 0 Å². The zero-order valence-electron chi connectivity index (χ0n) is 7.40. The van der Waals surface area contributed by atoms with Gasteiger partial charge < -0.3 is 15.4 Å². The van der Waals surface area contributed by atoms with Crippen LogP contribution in [0.2, 0.25) is 0 Å². The molecule has 0 radical (unpaired) electrons. The fraction of sp³-hybridized carbons (Fsp3) is 0.625. The average molecular weight is 199 g/mol. The second-order valence-corrected chi connectivity index (χ2v) is 4.04. The smallest absolute Gasteiger partial charge is 0.187 e. The zero-order valence-corrected chi connectivity index (χ0v) is 8.22. The summed E-state index contributed by atoms with van der Waals surface area (Å²) in [4.78, 5) is 6.48. The molecule has 5 heteroatoms. The molecule has 0 atom stereocenters. The molecule has 13 heavy (non-hydrogen) atoms. The summed E-state index contributed by atoms with van der Waals surface area (Å²) in [6, 6.07) is 0. The van der Waals surface area contributed by atoms with Crippen molar-refractivity contribution < 1.29 is 4.74 Å². The molecule has 1 aliphatic heterocycles. The number of hydrogen-bond donors (Lipinski definition) is 1. The van der Waals surface area contributed by atoms with Crippen LogP contribution in [-0.4, -0.2) is 31.3 Å². The van der Waals surface area contributed by atoms with E-state index >= 15 is 0 Å². The maximum absolute atomic E-state index is 5.62. The van der Waals surface area contributed by atoms with Crippen LogP contribution in [0.5, 0.6) is 0 Å². The fourth-order valence-electron chi connectivity index (χ4n) is 1.36. The van der Waals surface area contributed by atoms with E-state index < -0.39 is 0 Å². The maximum Gasteiger partial charge on any atom is 0.187 e. The molecule has 1 aliphatic rings. The Labute approximate surface area is 81.3 Å². The van der Waals surface area contributed by atoms with Crippen LogP contribution in [0.3, 0.4) is 0 Å². The Morgan fingerprint density at radius 3 is 3.15 bits per heavy atom. The number of aromatic nitrogens is 1. The molecule has 0 spiro atoms. The number of nitrogens with zero attached hydrogens (tertiary/aromatic N) is 2. The van der Waals surface area contributed by atoms with Crippen molar-refractivity contribution in [3.05, 3.63) is 6.20 Å². The van der Waals surface area contributed by atoms with E-state index in [1.807, 2.05) is 0 Å². The predicted octanol–water partition coefficient (Wildman–Crippen LogP) is 0.952. The van der Waals surface area contributed by atoms with E-state index in [9.17, 15) is 0 Å². The van der Waals surface area contributed by atoms with Gasteiger partial charge in [0.2, 0.25) is 0 Å². The van der Waals surface area contributed by atoms with Gasteiger partial charge >= 0.3 is 0 Å². The second kappa shape index (κ2) is 3.93.